The largest absolute Gasteiger partial charge is 0.326 e. The second-order valence-corrected chi connectivity index (χ2v) is 9.15. The molecule has 2 aromatic carbocycles. The summed E-state index contributed by atoms with van der Waals surface area (Å²) >= 11 is 7.57. The topological polar surface area (TPSA) is 88.5 Å². The Hall–Kier alpha value is -3.54. The molecule has 0 aliphatic heterocycles. The summed E-state index contributed by atoms with van der Waals surface area (Å²) in [4.78, 5) is 12.9. The molecule has 0 aliphatic carbocycles. The van der Waals surface area contributed by atoms with E-state index in [1.165, 1.54) is 11.8 Å². The lowest BCUT2D eigenvalue weighted by Gasteiger charge is -2.13. The van der Waals surface area contributed by atoms with E-state index in [-0.39, 0.29) is 11.7 Å². The van der Waals surface area contributed by atoms with Crippen LogP contribution >= 0.6 is 23.4 Å². The Morgan fingerprint density at radius 1 is 1.12 bits per heavy atom. The Morgan fingerprint density at radius 2 is 1.82 bits per heavy atom. The van der Waals surface area contributed by atoms with Crippen molar-refractivity contribution in [3.8, 4) is 17.5 Å². The minimum absolute atomic E-state index is 0.119. The maximum Gasteiger partial charge on any atom is 0.235 e. The van der Waals surface area contributed by atoms with Crippen molar-refractivity contribution in [2.75, 3.05) is 11.1 Å². The third-order valence-electron chi connectivity index (χ3n) is 5.66. The van der Waals surface area contributed by atoms with Crippen LogP contribution in [-0.2, 0) is 18.4 Å². The number of nitrogens with one attached hydrogen (secondary N) is 1. The SMILES string of the molecule is Cc1c(C#N)c(NC(=O)CSc2nnc(-c3ccccc3Cl)n2C)n(Cc2ccccc2)c1C. The first kappa shape index (κ1) is 23.6. The molecule has 0 unspecified atom stereocenters. The van der Waals surface area contributed by atoms with Crippen molar-refractivity contribution in [2.45, 2.75) is 25.5 Å². The van der Waals surface area contributed by atoms with Crippen LogP contribution in [0.4, 0.5) is 5.82 Å². The molecule has 9 heteroatoms. The van der Waals surface area contributed by atoms with Crippen LogP contribution in [0.5, 0.6) is 0 Å². The predicted octanol–water partition coefficient (Wildman–Crippen LogP) is 5.20. The molecular formula is C25H23ClN6OS. The van der Waals surface area contributed by atoms with E-state index in [9.17, 15) is 10.1 Å². The number of nitrogens with zero attached hydrogens (tertiary/aromatic N) is 5. The molecule has 172 valence electrons. The highest BCUT2D eigenvalue weighted by Gasteiger charge is 2.21. The Kier molecular flexibility index (Phi) is 7.06. The minimum atomic E-state index is -0.226. The lowest BCUT2D eigenvalue weighted by atomic mass is 10.2. The van der Waals surface area contributed by atoms with Gasteiger partial charge >= 0.3 is 0 Å². The summed E-state index contributed by atoms with van der Waals surface area (Å²) in [6.45, 7) is 4.41. The van der Waals surface area contributed by atoms with Gasteiger partial charge in [0.1, 0.15) is 11.9 Å². The van der Waals surface area contributed by atoms with Crippen molar-refractivity contribution >= 4 is 35.1 Å². The highest BCUT2D eigenvalue weighted by molar-refractivity contribution is 7.99. The van der Waals surface area contributed by atoms with E-state index in [1.807, 2.05) is 78.6 Å². The summed E-state index contributed by atoms with van der Waals surface area (Å²) in [6, 6.07) is 19.6. The van der Waals surface area contributed by atoms with E-state index in [0.717, 1.165) is 22.4 Å². The first-order valence-electron chi connectivity index (χ1n) is 10.6. The van der Waals surface area contributed by atoms with Gasteiger partial charge < -0.3 is 14.5 Å². The van der Waals surface area contributed by atoms with Gasteiger partial charge in [-0.3, -0.25) is 4.79 Å². The number of anilines is 1. The van der Waals surface area contributed by atoms with E-state index in [2.05, 4.69) is 21.6 Å². The van der Waals surface area contributed by atoms with E-state index < -0.39 is 0 Å². The number of rotatable bonds is 7. The fraction of sp³-hybridized carbons (Fsp3) is 0.200. The van der Waals surface area contributed by atoms with Crippen molar-refractivity contribution in [1.29, 1.82) is 5.26 Å². The summed E-state index contributed by atoms with van der Waals surface area (Å²) < 4.78 is 3.79. The number of aromatic nitrogens is 4. The maximum absolute atomic E-state index is 12.9. The number of thioether (sulfide) groups is 1. The highest BCUT2D eigenvalue weighted by atomic mass is 35.5. The molecule has 1 N–H and O–H groups in total. The third-order valence-corrected chi connectivity index (χ3v) is 7.01. The zero-order chi connectivity index (χ0) is 24.2. The van der Waals surface area contributed by atoms with Gasteiger partial charge in [-0.05, 0) is 37.1 Å². The average molecular weight is 491 g/mol. The molecular weight excluding hydrogens is 468 g/mol. The molecule has 2 aromatic heterocycles. The molecule has 1 amide bonds. The highest BCUT2D eigenvalue weighted by Crippen LogP contribution is 2.30. The van der Waals surface area contributed by atoms with Crippen molar-refractivity contribution in [2.24, 2.45) is 7.05 Å². The van der Waals surface area contributed by atoms with Crippen LogP contribution in [0.2, 0.25) is 5.02 Å². The molecule has 0 saturated heterocycles. The van der Waals surface area contributed by atoms with E-state index >= 15 is 0 Å². The smallest absolute Gasteiger partial charge is 0.235 e. The monoisotopic (exact) mass is 490 g/mol. The van der Waals surface area contributed by atoms with Crippen LogP contribution in [0.25, 0.3) is 11.4 Å². The fourth-order valence-electron chi connectivity index (χ4n) is 3.71. The maximum atomic E-state index is 12.9. The summed E-state index contributed by atoms with van der Waals surface area (Å²) in [5.41, 5.74) is 4.14. The van der Waals surface area contributed by atoms with Crippen LogP contribution < -0.4 is 5.32 Å². The van der Waals surface area contributed by atoms with Gasteiger partial charge in [-0.2, -0.15) is 5.26 Å². The van der Waals surface area contributed by atoms with Gasteiger partial charge in [0.25, 0.3) is 0 Å². The molecule has 0 atom stereocenters. The Morgan fingerprint density at radius 3 is 2.53 bits per heavy atom. The number of halogens is 1. The van der Waals surface area contributed by atoms with Crippen LogP contribution in [-0.4, -0.2) is 31.0 Å². The third kappa shape index (κ3) is 4.72. The zero-order valence-electron chi connectivity index (χ0n) is 19.0. The fourth-order valence-corrected chi connectivity index (χ4v) is 4.64. The van der Waals surface area contributed by atoms with Gasteiger partial charge in [0, 0.05) is 24.8 Å². The van der Waals surface area contributed by atoms with Gasteiger partial charge in [-0.15, -0.1) is 10.2 Å². The van der Waals surface area contributed by atoms with Crippen molar-refractivity contribution in [3.63, 3.8) is 0 Å². The summed E-state index contributed by atoms with van der Waals surface area (Å²) in [5, 5.41) is 22.3. The lowest BCUT2D eigenvalue weighted by Crippen LogP contribution is -2.19. The molecule has 0 aliphatic rings. The first-order valence-corrected chi connectivity index (χ1v) is 12.0. The van der Waals surface area contributed by atoms with Crippen molar-refractivity contribution in [1.82, 2.24) is 19.3 Å². The van der Waals surface area contributed by atoms with Crippen LogP contribution in [0, 0.1) is 25.2 Å². The normalized spacial score (nSPS) is 10.8. The summed E-state index contributed by atoms with van der Waals surface area (Å²) in [5.74, 6) is 1.04. The Balaban J connectivity index is 1.51. The number of carbonyl (C=O) groups is 1. The Bertz CT molecular complexity index is 1390. The average Bonchev–Trinajstić information content (AvgIpc) is 3.30. The number of hydrogen-bond acceptors (Lipinski definition) is 5. The van der Waals surface area contributed by atoms with Crippen LogP contribution in [0.3, 0.4) is 0 Å². The standard InChI is InChI=1S/C25H23ClN6OS/c1-16-17(2)32(14-18-9-5-4-6-10-18)23(20(16)13-27)28-22(33)15-34-25-30-29-24(31(25)3)19-11-7-8-12-21(19)26/h4-12H,14-15H2,1-3H3,(H,28,33). The second-order valence-electron chi connectivity index (χ2n) is 7.80. The molecule has 0 bridgehead atoms. The van der Waals surface area contributed by atoms with Gasteiger partial charge in [-0.1, -0.05) is 65.8 Å². The Labute approximate surface area is 207 Å². The summed E-state index contributed by atoms with van der Waals surface area (Å²) in [6.07, 6.45) is 0. The van der Waals surface area contributed by atoms with E-state index in [1.54, 1.807) is 6.07 Å². The zero-order valence-corrected chi connectivity index (χ0v) is 20.6. The predicted molar refractivity (Wildman–Crippen MR) is 135 cm³/mol. The van der Waals surface area contributed by atoms with Gasteiger partial charge in [0.05, 0.1) is 16.3 Å². The van der Waals surface area contributed by atoms with E-state index in [0.29, 0.717) is 33.9 Å². The first-order chi connectivity index (χ1) is 16.4. The molecule has 2 heterocycles. The van der Waals surface area contributed by atoms with Crippen LogP contribution in [0.1, 0.15) is 22.4 Å². The molecule has 0 radical (unpaired) electrons. The summed E-state index contributed by atoms with van der Waals surface area (Å²) in [7, 11) is 1.84. The van der Waals surface area contributed by atoms with Crippen molar-refractivity contribution in [3.05, 3.63) is 82.0 Å². The van der Waals surface area contributed by atoms with E-state index in [4.69, 9.17) is 11.6 Å². The quantitative estimate of drug-likeness (QED) is 0.359. The molecule has 0 spiro atoms. The van der Waals surface area contributed by atoms with Crippen molar-refractivity contribution < 1.29 is 4.79 Å². The van der Waals surface area contributed by atoms with Gasteiger partial charge in [0.15, 0.2) is 11.0 Å². The molecule has 4 rings (SSSR count). The number of hydrogen-bond donors (Lipinski definition) is 1. The molecule has 34 heavy (non-hydrogen) atoms. The number of benzene rings is 2. The van der Waals surface area contributed by atoms with Crippen LogP contribution in [0.15, 0.2) is 59.8 Å². The minimum Gasteiger partial charge on any atom is -0.326 e. The molecule has 0 fully saturated rings. The number of carbonyl (C=O) groups excluding carboxylic acids is 1. The number of nitriles is 1. The van der Waals surface area contributed by atoms with Gasteiger partial charge in [-0.25, -0.2) is 0 Å². The molecule has 7 nitrogen and oxygen atoms in total. The molecule has 4 aromatic rings. The lowest BCUT2D eigenvalue weighted by molar-refractivity contribution is -0.113. The number of amides is 1. The second kappa shape index (κ2) is 10.2. The van der Waals surface area contributed by atoms with Gasteiger partial charge in [0.2, 0.25) is 5.91 Å². The molecule has 0 saturated carbocycles.